The van der Waals surface area contributed by atoms with E-state index in [9.17, 15) is 0 Å². The van der Waals surface area contributed by atoms with Gasteiger partial charge in [0.1, 0.15) is 0 Å². The second kappa shape index (κ2) is 5.86. The topological polar surface area (TPSA) is 21.3 Å². The molecule has 0 radical (unpaired) electrons. The number of nitrogens with one attached hydrogen (secondary N) is 1. The average Bonchev–Trinajstić information content (AvgIpc) is 2.50. The predicted molar refractivity (Wildman–Crippen MR) is 49.7 cm³/mol. The van der Waals surface area contributed by atoms with Crippen LogP contribution in [0.4, 0.5) is 0 Å². The molecule has 0 aromatic heterocycles. The zero-order chi connectivity index (χ0) is 7.94. The standard InChI is InChI=1S/C8H17NOS/c1-11-7-6-9-10-8-4-2-3-5-8/h8-9H,2-7H2,1H3. The molecule has 1 fully saturated rings. The molecule has 1 aliphatic carbocycles. The summed E-state index contributed by atoms with van der Waals surface area (Å²) < 4.78 is 0. The summed E-state index contributed by atoms with van der Waals surface area (Å²) in [6.45, 7) is 0.970. The molecule has 1 aliphatic rings. The SMILES string of the molecule is CSCCNOC1CCCC1. The van der Waals surface area contributed by atoms with Crippen molar-refractivity contribution in [2.75, 3.05) is 18.6 Å². The average molecular weight is 175 g/mol. The van der Waals surface area contributed by atoms with Crippen molar-refractivity contribution in [2.24, 2.45) is 0 Å². The van der Waals surface area contributed by atoms with Crippen LogP contribution in [-0.2, 0) is 4.84 Å². The lowest BCUT2D eigenvalue weighted by atomic mass is 10.3. The van der Waals surface area contributed by atoms with Crippen LogP contribution in [0, 0.1) is 0 Å². The molecule has 0 aliphatic heterocycles. The van der Waals surface area contributed by atoms with Crippen molar-refractivity contribution in [3.8, 4) is 0 Å². The van der Waals surface area contributed by atoms with Crippen LogP contribution in [0.2, 0.25) is 0 Å². The zero-order valence-electron chi connectivity index (χ0n) is 7.14. The third-order valence-corrected chi connectivity index (χ3v) is 2.57. The van der Waals surface area contributed by atoms with Gasteiger partial charge in [0.2, 0.25) is 0 Å². The van der Waals surface area contributed by atoms with Crippen molar-refractivity contribution >= 4 is 11.8 Å². The molecule has 0 unspecified atom stereocenters. The Kier molecular flexibility index (Phi) is 4.99. The van der Waals surface area contributed by atoms with Gasteiger partial charge in [0.15, 0.2) is 0 Å². The van der Waals surface area contributed by atoms with Crippen LogP contribution in [-0.4, -0.2) is 24.7 Å². The van der Waals surface area contributed by atoms with E-state index in [4.69, 9.17) is 4.84 Å². The van der Waals surface area contributed by atoms with Gasteiger partial charge in [-0.25, -0.2) is 5.48 Å². The van der Waals surface area contributed by atoms with Gasteiger partial charge in [-0.05, 0) is 19.1 Å². The van der Waals surface area contributed by atoms with Crippen LogP contribution in [0.3, 0.4) is 0 Å². The second-order valence-corrected chi connectivity index (χ2v) is 3.90. The third kappa shape index (κ3) is 3.99. The van der Waals surface area contributed by atoms with Crippen molar-refractivity contribution < 1.29 is 4.84 Å². The van der Waals surface area contributed by atoms with Gasteiger partial charge in [-0.1, -0.05) is 12.8 Å². The Hall–Kier alpha value is 0.270. The quantitative estimate of drug-likeness (QED) is 0.508. The largest absolute Gasteiger partial charge is 0.298 e. The Morgan fingerprint density at radius 1 is 1.45 bits per heavy atom. The van der Waals surface area contributed by atoms with Gasteiger partial charge in [-0.2, -0.15) is 11.8 Å². The lowest BCUT2D eigenvalue weighted by Crippen LogP contribution is -2.23. The van der Waals surface area contributed by atoms with Crippen LogP contribution in [0.1, 0.15) is 25.7 Å². The Morgan fingerprint density at radius 3 is 2.82 bits per heavy atom. The highest BCUT2D eigenvalue weighted by Gasteiger charge is 2.14. The first kappa shape index (κ1) is 9.36. The monoisotopic (exact) mass is 175 g/mol. The summed E-state index contributed by atoms with van der Waals surface area (Å²) in [4.78, 5) is 5.44. The van der Waals surface area contributed by atoms with E-state index in [1.54, 1.807) is 0 Å². The van der Waals surface area contributed by atoms with E-state index < -0.39 is 0 Å². The second-order valence-electron chi connectivity index (χ2n) is 2.91. The number of hydrogen-bond donors (Lipinski definition) is 1. The summed E-state index contributed by atoms with van der Waals surface area (Å²) in [6, 6.07) is 0. The molecular weight excluding hydrogens is 158 g/mol. The molecule has 1 rings (SSSR count). The predicted octanol–water partition coefficient (Wildman–Crippen LogP) is 1.81. The number of rotatable bonds is 5. The molecule has 0 amide bonds. The maximum absolute atomic E-state index is 5.44. The van der Waals surface area contributed by atoms with Crippen LogP contribution >= 0.6 is 11.8 Å². The van der Waals surface area contributed by atoms with E-state index in [0.717, 1.165) is 12.3 Å². The lowest BCUT2D eigenvalue weighted by Gasteiger charge is -2.10. The molecule has 0 atom stereocenters. The van der Waals surface area contributed by atoms with Crippen molar-refractivity contribution in [1.29, 1.82) is 0 Å². The first-order valence-electron chi connectivity index (χ1n) is 4.31. The lowest BCUT2D eigenvalue weighted by molar-refractivity contribution is -0.0173. The summed E-state index contributed by atoms with van der Waals surface area (Å²) >= 11 is 1.84. The van der Waals surface area contributed by atoms with E-state index in [1.165, 1.54) is 25.7 Å². The van der Waals surface area contributed by atoms with Gasteiger partial charge < -0.3 is 0 Å². The van der Waals surface area contributed by atoms with E-state index in [2.05, 4.69) is 11.7 Å². The van der Waals surface area contributed by atoms with Gasteiger partial charge in [0.25, 0.3) is 0 Å². The van der Waals surface area contributed by atoms with Crippen molar-refractivity contribution in [1.82, 2.24) is 5.48 Å². The number of thioether (sulfide) groups is 1. The molecular formula is C8H17NOS. The van der Waals surface area contributed by atoms with E-state index in [0.29, 0.717) is 6.10 Å². The summed E-state index contributed by atoms with van der Waals surface area (Å²) in [5.74, 6) is 1.13. The third-order valence-electron chi connectivity index (χ3n) is 1.96. The maximum atomic E-state index is 5.44. The van der Waals surface area contributed by atoms with Gasteiger partial charge >= 0.3 is 0 Å². The Labute approximate surface area is 73.0 Å². The molecule has 2 nitrogen and oxygen atoms in total. The highest BCUT2D eigenvalue weighted by molar-refractivity contribution is 7.98. The fourth-order valence-corrected chi connectivity index (χ4v) is 1.61. The Bertz CT molecular complexity index is 94.1. The van der Waals surface area contributed by atoms with Gasteiger partial charge in [-0.15, -0.1) is 0 Å². The molecule has 66 valence electrons. The molecule has 0 spiro atoms. The molecule has 0 bridgehead atoms. The fraction of sp³-hybridized carbons (Fsp3) is 1.00. The molecule has 0 saturated heterocycles. The molecule has 0 aromatic carbocycles. The van der Waals surface area contributed by atoms with Crippen LogP contribution in [0.5, 0.6) is 0 Å². The molecule has 11 heavy (non-hydrogen) atoms. The first-order chi connectivity index (χ1) is 5.43. The molecule has 1 saturated carbocycles. The zero-order valence-corrected chi connectivity index (χ0v) is 7.95. The first-order valence-corrected chi connectivity index (χ1v) is 5.70. The number of hydrogen-bond acceptors (Lipinski definition) is 3. The summed E-state index contributed by atoms with van der Waals surface area (Å²) in [7, 11) is 0. The van der Waals surface area contributed by atoms with E-state index in [-0.39, 0.29) is 0 Å². The van der Waals surface area contributed by atoms with E-state index in [1.807, 2.05) is 11.8 Å². The smallest absolute Gasteiger partial charge is 0.0790 e. The highest BCUT2D eigenvalue weighted by atomic mass is 32.2. The maximum Gasteiger partial charge on any atom is 0.0790 e. The molecule has 1 N–H and O–H groups in total. The fourth-order valence-electron chi connectivity index (χ4n) is 1.33. The minimum Gasteiger partial charge on any atom is -0.298 e. The van der Waals surface area contributed by atoms with Crippen molar-refractivity contribution in [3.63, 3.8) is 0 Å². The Balaban J connectivity index is 1.86. The van der Waals surface area contributed by atoms with Crippen molar-refractivity contribution in [2.45, 2.75) is 31.8 Å². The van der Waals surface area contributed by atoms with E-state index >= 15 is 0 Å². The summed E-state index contributed by atoms with van der Waals surface area (Å²) in [5.41, 5.74) is 3.01. The highest BCUT2D eigenvalue weighted by Crippen LogP contribution is 2.19. The number of hydroxylamine groups is 1. The molecule has 0 heterocycles. The van der Waals surface area contributed by atoms with Gasteiger partial charge in [0.05, 0.1) is 6.10 Å². The van der Waals surface area contributed by atoms with Crippen LogP contribution in [0.15, 0.2) is 0 Å². The van der Waals surface area contributed by atoms with Crippen LogP contribution in [0.25, 0.3) is 0 Å². The molecule has 3 heteroatoms. The van der Waals surface area contributed by atoms with Crippen molar-refractivity contribution in [3.05, 3.63) is 0 Å². The summed E-state index contributed by atoms with van der Waals surface area (Å²) in [5, 5.41) is 0. The van der Waals surface area contributed by atoms with Gasteiger partial charge in [-0.3, -0.25) is 4.84 Å². The summed E-state index contributed by atoms with van der Waals surface area (Å²) in [6.07, 6.45) is 7.77. The minimum atomic E-state index is 0.497. The van der Waals surface area contributed by atoms with Gasteiger partial charge in [0, 0.05) is 12.3 Å². The Morgan fingerprint density at radius 2 is 2.18 bits per heavy atom. The minimum absolute atomic E-state index is 0.497. The normalized spacial score (nSPS) is 19.4. The van der Waals surface area contributed by atoms with Crippen LogP contribution < -0.4 is 5.48 Å². The molecule has 0 aromatic rings.